The minimum absolute atomic E-state index is 0.0459. The predicted molar refractivity (Wildman–Crippen MR) is 109 cm³/mol. The van der Waals surface area contributed by atoms with Gasteiger partial charge in [-0.2, -0.15) is 13.2 Å². The van der Waals surface area contributed by atoms with Gasteiger partial charge in [0.25, 0.3) is 0 Å². The molecule has 6 nitrogen and oxygen atoms in total. The van der Waals surface area contributed by atoms with Gasteiger partial charge in [-0.05, 0) is 35.8 Å². The van der Waals surface area contributed by atoms with Gasteiger partial charge in [0.15, 0.2) is 0 Å². The summed E-state index contributed by atoms with van der Waals surface area (Å²) in [6, 6.07) is 3.33. The van der Waals surface area contributed by atoms with E-state index >= 15 is 0 Å². The Hall–Kier alpha value is -3.07. The van der Waals surface area contributed by atoms with Gasteiger partial charge in [0.2, 0.25) is 0 Å². The van der Waals surface area contributed by atoms with Gasteiger partial charge >= 0.3 is 12.2 Å². The van der Waals surface area contributed by atoms with Crippen LogP contribution in [0.4, 0.5) is 23.8 Å². The second-order valence-corrected chi connectivity index (χ2v) is 7.20. The van der Waals surface area contributed by atoms with Crippen molar-refractivity contribution in [1.82, 2.24) is 14.9 Å². The van der Waals surface area contributed by atoms with E-state index in [0.29, 0.717) is 48.5 Å². The number of alkyl halides is 3. The first-order valence-electron chi connectivity index (χ1n) is 8.99. The summed E-state index contributed by atoms with van der Waals surface area (Å²) in [6.45, 7) is 4.37. The number of halogens is 4. The molecular weight excluding hydrogens is 419 g/mol. The molecule has 0 aromatic carbocycles. The van der Waals surface area contributed by atoms with E-state index in [0.717, 1.165) is 23.3 Å². The van der Waals surface area contributed by atoms with Gasteiger partial charge in [-0.25, -0.2) is 9.78 Å². The first-order valence-corrected chi connectivity index (χ1v) is 9.37. The van der Waals surface area contributed by atoms with Crippen molar-refractivity contribution in [3.63, 3.8) is 0 Å². The summed E-state index contributed by atoms with van der Waals surface area (Å²) < 4.78 is 37.8. The number of urea groups is 1. The normalized spacial score (nSPS) is 14.3. The number of carbonyl (C=O) groups excluding carboxylic acids is 1. The average molecular weight is 438 g/mol. The van der Waals surface area contributed by atoms with Crippen molar-refractivity contribution in [3.05, 3.63) is 70.8 Å². The lowest BCUT2D eigenvalue weighted by Crippen LogP contribution is -2.38. The van der Waals surface area contributed by atoms with E-state index in [1.807, 2.05) is 6.08 Å². The highest BCUT2D eigenvalue weighted by atomic mass is 35.5. The van der Waals surface area contributed by atoms with Crippen LogP contribution in [0, 0.1) is 0 Å². The van der Waals surface area contributed by atoms with Crippen LogP contribution in [-0.2, 0) is 12.6 Å². The third-order valence-corrected chi connectivity index (χ3v) is 4.74. The van der Waals surface area contributed by atoms with Crippen LogP contribution in [0.3, 0.4) is 0 Å². The smallest absolute Gasteiger partial charge is 0.402 e. The van der Waals surface area contributed by atoms with Crippen LogP contribution in [0.5, 0.6) is 0 Å². The zero-order valence-corrected chi connectivity index (χ0v) is 16.6. The Morgan fingerprint density at radius 1 is 1.30 bits per heavy atom. The molecule has 3 heterocycles. The summed E-state index contributed by atoms with van der Waals surface area (Å²) in [7, 11) is 0. The van der Waals surface area contributed by atoms with Crippen LogP contribution in [0.25, 0.3) is 5.57 Å². The molecule has 0 radical (unpaired) electrons. The maximum Gasteiger partial charge on any atom is 0.417 e. The number of hydrogen-bond donors (Lipinski definition) is 2. The van der Waals surface area contributed by atoms with Gasteiger partial charge in [-0.1, -0.05) is 24.3 Å². The summed E-state index contributed by atoms with van der Waals surface area (Å²) in [5, 5.41) is 2.99. The molecule has 0 spiro atoms. The van der Waals surface area contributed by atoms with E-state index < -0.39 is 17.8 Å². The average Bonchev–Trinajstić information content (AvgIpc) is 2.67. The van der Waals surface area contributed by atoms with E-state index in [-0.39, 0.29) is 5.82 Å². The Morgan fingerprint density at radius 2 is 2.07 bits per heavy atom. The van der Waals surface area contributed by atoms with Crippen molar-refractivity contribution in [2.75, 3.05) is 18.4 Å². The number of rotatable bonds is 4. The fraction of sp³-hybridized carbons (Fsp3) is 0.250. The van der Waals surface area contributed by atoms with Crippen molar-refractivity contribution >= 4 is 29.0 Å². The molecule has 1 aliphatic heterocycles. The zero-order chi connectivity index (χ0) is 21.9. The fourth-order valence-corrected chi connectivity index (χ4v) is 3.28. The minimum Gasteiger partial charge on any atom is -0.402 e. The molecule has 2 amide bonds. The van der Waals surface area contributed by atoms with Gasteiger partial charge in [0.05, 0.1) is 16.3 Å². The maximum absolute atomic E-state index is 12.6. The SMILES string of the molecule is C=C(N)Cc1cnc(C2=CCN(C(=O)Nc3ccc(C(F)(F)F)cn3)CC2)c(Cl)c1. The number of anilines is 1. The van der Waals surface area contributed by atoms with E-state index in [1.54, 1.807) is 12.3 Å². The Morgan fingerprint density at radius 3 is 2.60 bits per heavy atom. The Bertz CT molecular complexity index is 989. The molecule has 158 valence electrons. The highest BCUT2D eigenvalue weighted by Gasteiger charge is 2.30. The highest BCUT2D eigenvalue weighted by molar-refractivity contribution is 6.32. The number of nitrogens with zero attached hydrogens (tertiary/aromatic N) is 3. The molecule has 3 rings (SSSR count). The number of carbonyl (C=O) groups is 1. The predicted octanol–water partition coefficient (Wildman–Crippen LogP) is 4.48. The Kier molecular flexibility index (Phi) is 6.31. The van der Waals surface area contributed by atoms with E-state index in [1.165, 1.54) is 4.90 Å². The number of aromatic nitrogens is 2. The Labute approximate surface area is 176 Å². The third-order valence-electron chi connectivity index (χ3n) is 4.46. The standard InChI is InChI=1S/C20H19ClF3N5O/c1-12(25)8-13-9-16(21)18(27-10-13)14-4-6-29(7-5-14)19(30)28-17-3-2-15(11-26-17)20(22,23)24/h2-4,9-11H,1,5-8,25H2,(H,26,28,30). The van der Waals surface area contributed by atoms with Gasteiger partial charge in [0, 0.05) is 37.6 Å². The van der Waals surface area contributed by atoms with Gasteiger partial charge in [-0.15, -0.1) is 0 Å². The first-order chi connectivity index (χ1) is 14.1. The number of hydrogen-bond acceptors (Lipinski definition) is 4. The number of allylic oxidation sites excluding steroid dienone is 1. The first kappa shape index (κ1) is 21.6. The minimum atomic E-state index is -4.48. The summed E-state index contributed by atoms with van der Waals surface area (Å²) in [5.41, 5.74) is 7.66. The highest BCUT2D eigenvalue weighted by Crippen LogP contribution is 2.30. The number of nitrogens with two attached hydrogens (primary N) is 1. The topological polar surface area (TPSA) is 84.1 Å². The summed E-state index contributed by atoms with van der Waals surface area (Å²) >= 11 is 6.34. The second kappa shape index (κ2) is 8.74. The lowest BCUT2D eigenvalue weighted by molar-refractivity contribution is -0.137. The van der Waals surface area contributed by atoms with Crippen LogP contribution in [0.15, 0.2) is 48.9 Å². The van der Waals surface area contributed by atoms with Crippen molar-refractivity contribution < 1.29 is 18.0 Å². The monoisotopic (exact) mass is 437 g/mol. The molecule has 2 aromatic rings. The van der Waals surface area contributed by atoms with E-state index in [4.69, 9.17) is 17.3 Å². The molecule has 0 saturated carbocycles. The molecule has 30 heavy (non-hydrogen) atoms. The number of nitrogens with one attached hydrogen (secondary N) is 1. The Balaban J connectivity index is 1.62. The zero-order valence-electron chi connectivity index (χ0n) is 15.8. The van der Waals surface area contributed by atoms with E-state index in [9.17, 15) is 18.0 Å². The number of amides is 2. The van der Waals surface area contributed by atoms with Gasteiger partial charge in [-0.3, -0.25) is 10.3 Å². The fourth-order valence-electron chi connectivity index (χ4n) is 2.97. The molecule has 0 atom stereocenters. The lowest BCUT2D eigenvalue weighted by atomic mass is 10.0. The quantitative estimate of drug-likeness (QED) is 0.738. The molecule has 2 aromatic heterocycles. The van der Waals surface area contributed by atoms with Crippen molar-refractivity contribution in [2.45, 2.75) is 19.0 Å². The van der Waals surface area contributed by atoms with E-state index in [2.05, 4.69) is 21.9 Å². The molecule has 0 bridgehead atoms. The summed E-state index contributed by atoms with van der Waals surface area (Å²) in [6.07, 6.45) is 0.756. The van der Waals surface area contributed by atoms with Gasteiger partial charge in [0.1, 0.15) is 5.82 Å². The number of pyridine rings is 2. The van der Waals surface area contributed by atoms with Crippen LogP contribution < -0.4 is 11.1 Å². The molecule has 0 aliphatic carbocycles. The second-order valence-electron chi connectivity index (χ2n) is 6.79. The van der Waals surface area contributed by atoms with Crippen LogP contribution in [0.2, 0.25) is 5.02 Å². The maximum atomic E-state index is 12.6. The molecule has 1 aliphatic rings. The molecule has 0 unspecified atom stereocenters. The third kappa shape index (κ3) is 5.29. The molecular formula is C20H19ClF3N5O. The molecule has 10 heteroatoms. The van der Waals surface area contributed by atoms with Crippen molar-refractivity contribution in [1.29, 1.82) is 0 Å². The lowest BCUT2D eigenvalue weighted by Gasteiger charge is -2.26. The van der Waals surface area contributed by atoms with Crippen molar-refractivity contribution in [3.8, 4) is 0 Å². The van der Waals surface area contributed by atoms with Crippen molar-refractivity contribution in [2.24, 2.45) is 5.73 Å². The van der Waals surface area contributed by atoms with Crippen LogP contribution in [0.1, 0.15) is 23.2 Å². The van der Waals surface area contributed by atoms with Crippen LogP contribution in [-0.4, -0.2) is 34.0 Å². The molecule has 0 fully saturated rings. The van der Waals surface area contributed by atoms with Gasteiger partial charge < -0.3 is 10.6 Å². The summed E-state index contributed by atoms with van der Waals surface area (Å²) in [5.74, 6) is 0.0459. The molecule has 0 saturated heterocycles. The molecule has 3 N–H and O–H groups in total. The largest absolute Gasteiger partial charge is 0.417 e. The van der Waals surface area contributed by atoms with Crippen LogP contribution >= 0.6 is 11.6 Å². The summed E-state index contributed by atoms with van der Waals surface area (Å²) in [4.78, 5) is 21.9.